The summed E-state index contributed by atoms with van der Waals surface area (Å²) in [5, 5.41) is 4.24. The molecule has 1 atom stereocenters. The maximum Gasteiger partial charge on any atom is 0.225 e. The van der Waals surface area contributed by atoms with Crippen molar-refractivity contribution in [1.82, 2.24) is 14.8 Å². The lowest BCUT2D eigenvalue weighted by Gasteiger charge is -2.31. The first-order valence-corrected chi connectivity index (χ1v) is 10.1. The van der Waals surface area contributed by atoms with E-state index in [0.29, 0.717) is 25.6 Å². The largest absolute Gasteiger partial charge is 0.352 e. The number of benzene rings is 1. The van der Waals surface area contributed by atoms with Crippen molar-refractivity contribution < 1.29 is 9.59 Å². The smallest absolute Gasteiger partial charge is 0.225 e. The number of amides is 2. The maximum absolute atomic E-state index is 12.6. The molecule has 1 aromatic carbocycles. The van der Waals surface area contributed by atoms with Crippen molar-refractivity contribution in [3.8, 4) is 0 Å². The van der Waals surface area contributed by atoms with E-state index in [1.165, 1.54) is 35.9 Å². The number of rotatable bonds is 4. The van der Waals surface area contributed by atoms with E-state index < -0.39 is 0 Å². The number of nitrogens with one attached hydrogen (secondary N) is 1. The third kappa shape index (κ3) is 3.60. The molecule has 5 nitrogen and oxygen atoms in total. The van der Waals surface area contributed by atoms with Crippen LogP contribution in [0.25, 0.3) is 10.9 Å². The molecule has 1 aromatic heterocycles. The predicted molar refractivity (Wildman–Crippen MR) is 106 cm³/mol. The Morgan fingerprint density at radius 3 is 2.74 bits per heavy atom. The van der Waals surface area contributed by atoms with Crippen LogP contribution in [0.5, 0.6) is 0 Å². The molecule has 0 bridgehead atoms. The van der Waals surface area contributed by atoms with E-state index in [0.717, 1.165) is 18.4 Å². The molecule has 4 rings (SSSR count). The number of likely N-dealkylation sites (tertiary alicyclic amines) is 1. The third-order valence-electron chi connectivity index (χ3n) is 6.36. The Bertz CT molecular complexity index is 864. The number of nitrogens with zero attached hydrogens (tertiary/aromatic N) is 2. The van der Waals surface area contributed by atoms with Crippen molar-refractivity contribution in [2.45, 2.75) is 58.0 Å². The number of fused-ring (bicyclic) bond motifs is 1. The van der Waals surface area contributed by atoms with Crippen molar-refractivity contribution in [2.24, 2.45) is 13.0 Å². The summed E-state index contributed by atoms with van der Waals surface area (Å²) in [7, 11) is 2.06. The van der Waals surface area contributed by atoms with Crippen LogP contribution in [0.1, 0.15) is 49.8 Å². The van der Waals surface area contributed by atoms with Gasteiger partial charge in [0.15, 0.2) is 0 Å². The van der Waals surface area contributed by atoms with E-state index in [1.807, 2.05) is 4.90 Å². The lowest BCUT2D eigenvalue weighted by Crippen LogP contribution is -2.39. The summed E-state index contributed by atoms with van der Waals surface area (Å²) < 4.78 is 2.17. The summed E-state index contributed by atoms with van der Waals surface area (Å²) in [6.45, 7) is 3.19. The Balaban J connectivity index is 1.36. The molecule has 1 unspecified atom stereocenters. The van der Waals surface area contributed by atoms with Crippen LogP contribution in [0.15, 0.2) is 24.3 Å². The Morgan fingerprint density at radius 1 is 1.19 bits per heavy atom. The van der Waals surface area contributed by atoms with Gasteiger partial charge in [-0.25, -0.2) is 0 Å². The lowest BCUT2D eigenvalue weighted by molar-refractivity contribution is -0.130. The molecule has 2 fully saturated rings. The van der Waals surface area contributed by atoms with Gasteiger partial charge in [-0.2, -0.15) is 0 Å². The van der Waals surface area contributed by atoms with Gasteiger partial charge in [0.05, 0.1) is 5.92 Å². The molecule has 2 aromatic rings. The molecule has 27 heavy (non-hydrogen) atoms. The van der Waals surface area contributed by atoms with Gasteiger partial charge >= 0.3 is 0 Å². The topological polar surface area (TPSA) is 54.3 Å². The zero-order chi connectivity index (χ0) is 19.0. The van der Waals surface area contributed by atoms with E-state index in [1.54, 1.807) is 0 Å². The van der Waals surface area contributed by atoms with Crippen molar-refractivity contribution in [2.75, 3.05) is 6.54 Å². The first-order valence-electron chi connectivity index (χ1n) is 10.1. The number of hydrogen-bond acceptors (Lipinski definition) is 2. The normalized spacial score (nSPS) is 21.2. The number of aryl methyl sites for hydroxylation is 2. The molecule has 1 saturated carbocycles. The minimum Gasteiger partial charge on any atom is -0.352 e. The second-order valence-electron chi connectivity index (χ2n) is 8.19. The maximum atomic E-state index is 12.6. The molecule has 1 saturated heterocycles. The fourth-order valence-corrected chi connectivity index (χ4v) is 4.63. The number of hydrogen-bond donors (Lipinski definition) is 1. The highest BCUT2D eigenvalue weighted by molar-refractivity contribution is 5.89. The highest BCUT2D eigenvalue weighted by atomic mass is 16.2. The monoisotopic (exact) mass is 367 g/mol. The second kappa shape index (κ2) is 7.37. The first kappa shape index (κ1) is 18.1. The molecule has 2 aliphatic rings. The minimum absolute atomic E-state index is 0.00555. The van der Waals surface area contributed by atoms with Gasteiger partial charge < -0.3 is 14.8 Å². The Labute approximate surface area is 160 Å². The van der Waals surface area contributed by atoms with E-state index in [9.17, 15) is 9.59 Å². The van der Waals surface area contributed by atoms with Crippen LogP contribution in [0.4, 0.5) is 0 Å². The summed E-state index contributed by atoms with van der Waals surface area (Å²) in [6, 6.07) is 8.83. The van der Waals surface area contributed by atoms with Crippen LogP contribution >= 0.6 is 0 Å². The van der Waals surface area contributed by atoms with E-state index in [-0.39, 0.29) is 17.7 Å². The van der Waals surface area contributed by atoms with Crippen molar-refractivity contribution in [3.05, 3.63) is 35.5 Å². The number of carbonyl (C=O) groups excluding carboxylic acids is 2. The second-order valence-corrected chi connectivity index (χ2v) is 8.19. The van der Waals surface area contributed by atoms with Gasteiger partial charge in [0, 0.05) is 49.2 Å². The summed E-state index contributed by atoms with van der Waals surface area (Å²) >= 11 is 0. The fourth-order valence-electron chi connectivity index (χ4n) is 4.63. The van der Waals surface area contributed by atoms with Crippen LogP contribution in [-0.2, 0) is 23.2 Å². The SMILES string of the molecule is Cc1cc2cc(CNC(=O)C3CC(=O)N(C4CCCCC4)C3)ccc2n1C. The molecule has 5 heteroatoms. The van der Waals surface area contributed by atoms with Gasteiger partial charge in [-0.1, -0.05) is 25.3 Å². The molecule has 0 radical (unpaired) electrons. The fraction of sp³-hybridized carbons (Fsp3) is 0.545. The average Bonchev–Trinajstić information content (AvgIpc) is 3.20. The number of aromatic nitrogens is 1. The summed E-state index contributed by atoms with van der Waals surface area (Å²) in [4.78, 5) is 27.0. The Morgan fingerprint density at radius 2 is 1.96 bits per heavy atom. The lowest BCUT2D eigenvalue weighted by atomic mass is 9.94. The Kier molecular flexibility index (Phi) is 4.94. The molecule has 2 heterocycles. The van der Waals surface area contributed by atoms with Gasteiger partial charge in [-0.15, -0.1) is 0 Å². The van der Waals surface area contributed by atoms with Crippen LogP contribution in [0.3, 0.4) is 0 Å². The zero-order valence-electron chi connectivity index (χ0n) is 16.3. The van der Waals surface area contributed by atoms with Crippen LogP contribution in [0.2, 0.25) is 0 Å². The highest BCUT2D eigenvalue weighted by Crippen LogP contribution is 2.28. The summed E-state index contributed by atoms with van der Waals surface area (Å²) in [6.07, 6.45) is 6.22. The minimum atomic E-state index is -0.206. The highest BCUT2D eigenvalue weighted by Gasteiger charge is 2.37. The quantitative estimate of drug-likeness (QED) is 0.902. The van der Waals surface area contributed by atoms with Gasteiger partial charge in [-0.05, 0) is 43.5 Å². The molecule has 1 aliphatic heterocycles. The summed E-state index contributed by atoms with van der Waals surface area (Å²) in [5.74, 6) is -0.0450. The molecule has 1 aliphatic carbocycles. The molecule has 144 valence electrons. The van der Waals surface area contributed by atoms with Crippen LogP contribution in [-0.4, -0.2) is 33.9 Å². The molecule has 1 N–H and O–H groups in total. The first-order chi connectivity index (χ1) is 13.0. The van der Waals surface area contributed by atoms with E-state index >= 15 is 0 Å². The molecular formula is C22H29N3O2. The van der Waals surface area contributed by atoms with Gasteiger partial charge in [0.1, 0.15) is 0 Å². The van der Waals surface area contributed by atoms with Gasteiger partial charge in [-0.3, -0.25) is 9.59 Å². The third-order valence-corrected chi connectivity index (χ3v) is 6.36. The molecule has 0 spiro atoms. The molecule has 2 amide bonds. The zero-order valence-corrected chi connectivity index (χ0v) is 16.3. The standard InChI is InChI=1S/C22H29N3O2/c1-15-10-17-11-16(8-9-20(17)24(15)2)13-23-22(27)18-12-21(26)25(14-18)19-6-4-3-5-7-19/h8-11,18-19H,3-7,12-14H2,1-2H3,(H,23,27). The van der Waals surface area contributed by atoms with Gasteiger partial charge in [0.25, 0.3) is 0 Å². The molecular weight excluding hydrogens is 338 g/mol. The van der Waals surface area contributed by atoms with Crippen molar-refractivity contribution in [3.63, 3.8) is 0 Å². The van der Waals surface area contributed by atoms with E-state index in [2.05, 4.69) is 48.1 Å². The number of carbonyl (C=O) groups is 2. The van der Waals surface area contributed by atoms with Crippen molar-refractivity contribution >= 4 is 22.7 Å². The van der Waals surface area contributed by atoms with E-state index in [4.69, 9.17) is 0 Å². The van der Waals surface area contributed by atoms with Gasteiger partial charge in [0.2, 0.25) is 11.8 Å². The van der Waals surface area contributed by atoms with Crippen LogP contribution < -0.4 is 5.32 Å². The van der Waals surface area contributed by atoms with Crippen molar-refractivity contribution in [1.29, 1.82) is 0 Å². The van der Waals surface area contributed by atoms with Crippen LogP contribution in [0, 0.1) is 12.8 Å². The summed E-state index contributed by atoms with van der Waals surface area (Å²) in [5.41, 5.74) is 3.51. The Hall–Kier alpha value is -2.30. The average molecular weight is 367 g/mol. The predicted octanol–water partition coefficient (Wildman–Crippen LogP) is 3.28.